The molecular formula is C58H40N2. The second-order valence-corrected chi connectivity index (χ2v) is 15.3. The SMILES string of the molecule is c1ccc(-c2ccc(-n3c4ccccc4c4c(-c5cccc(N(c6ccccc6)c6ccc(-c7ccc(-c8cccc9ccccc89)cc7)cc6)c5)cccc43)cc2)cc1. The van der Waals surface area contributed by atoms with Crippen LogP contribution >= 0.6 is 0 Å². The van der Waals surface area contributed by atoms with E-state index in [0.717, 1.165) is 22.7 Å². The van der Waals surface area contributed by atoms with Crippen LogP contribution in [0, 0.1) is 0 Å². The highest BCUT2D eigenvalue weighted by atomic mass is 15.1. The summed E-state index contributed by atoms with van der Waals surface area (Å²) in [7, 11) is 0. The summed E-state index contributed by atoms with van der Waals surface area (Å²) in [6, 6.07) is 87.7. The van der Waals surface area contributed by atoms with Gasteiger partial charge < -0.3 is 9.47 Å². The molecule has 0 aliphatic rings. The number of fused-ring (bicyclic) bond motifs is 4. The third kappa shape index (κ3) is 6.32. The van der Waals surface area contributed by atoms with Gasteiger partial charge in [0.15, 0.2) is 0 Å². The van der Waals surface area contributed by atoms with Gasteiger partial charge in [-0.3, -0.25) is 0 Å². The third-order valence-corrected chi connectivity index (χ3v) is 11.8. The largest absolute Gasteiger partial charge is 0.310 e. The summed E-state index contributed by atoms with van der Waals surface area (Å²) < 4.78 is 2.40. The van der Waals surface area contributed by atoms with Crippen LogP contribution in [0.25, 0.3) is 82.8 Å². The van der Waals surface area contributed by atoms with Crippen molar-refractivity contribution in [3.63, 3.8) is 0 Å². The molecule has 0 unspecified atom stereocenters. The van der Waals surface area contributed by atoms with Gasteiger partial charge in [0, 0.05) is 33.5 Å². The van der Waals surface area contributed by atoms with Crippen molar-refractivity contribution in [1.82, 2.24) is 4.57 Å². The number of nitrogens with zero attached hydrogens (tertiary/aromatic N) is 2. The van der Waals surface area contributed by atoms with Crippen LogP contribution in [0.5, 0.6) is 0 Å². The van der Waals surface area contributed by atoms with Crippen molar-refractivity contribution >= 4 is 49.6 Å². The van der Waals surface area contributed by atoms with Crippen molar-refractivity contribution in [3.05, 3.63) is 243 Å². The van der Waals surface area contributed by atoms with Crippen LogP contribution < -0.4 is 4.90 Å². The van der Waals surface area contributed by atoms with Gasteiger partial charge in [0.25, 0.3) is 0 Å². The van der Waals surface area contributed by atoms with Crippen LogP contribution in [0.1, 0.15) is 0 Å². The first-order valence-electron chi connectivity index (χ1n) is 20.6. The Bertz CT molecular complexity index is 3270. The number of hydrogen-bond donors (Lipinski definition) is 0. The van der Waals surface area contributed by atoms with E-state index in [4.69, 9.17) is 0 Å². The van der Waals surface area contributed by atoms with Crippen LogP contribution in [0.15, 0.2) is 243 Å². The Labute approximate surface area is 350 Å². The predicted octanol–water partition coefficient (Wildman–Crippen LogP) is 16.1. The van der Waals surface area contributed by atoms with Crippen molar-refractivity contribution in [1.29, 1.82) is 0 Å². The van der Waals surface area contributed by atoms with E-state index >= 15 is 0 Å². The first kappa shape index (κ1) is 35.2. The van der Waals surface area contributed by atoms with Gasteiger partial charge in [-0.15, -0.1) is 0 Å². The smallest absolute Gasteiger partial charge is 0.0547 e. The van der Waals surface area contributed by atoms with E-state index in [9.17, 15) is 0 Å². The number of para-hydroxylation sites is 2. The Morgan fingerprint density at radius 3 is 1.53 bits per heavy atom. The molecule has 60 heavy (non-hydrogen) atoms. The lowest BCUT2D eigenvalue weighted by molar-refractivity contribution is 1.18. The lowest BCUT2D eigenvalue weighted by atomic mass is 9.96. The van der Waals surface area contributed by atoms with Crippen molar-refractivity contribution in [2.24, 2.45) is 0 Å². The zero-order chi connectivity index (χ0) is 39.8. The Kier molecular flexibility index (Phi) is 8.87. The molecule has 0 amide bonds. The van der Waals surface area contributed by atoms with E-state index < -0.39 is 0 Å². The predicted molar refractivity (Wildman–Crippen MR) is 255 cm³/mol. The number of rotatable bonds is 8. The molecule has 0 saturated heterocycles. The fourth-order valence-electron chi connectivity index (χ4n) is 8.93. The fourth-order valence-corrected chi connectivity index (χ4v) is 8.93. The molecule has 0 aliphatic carbocycles. The average Bonchev–Trinajstić information content (AvgIpc) is 3.67. The monoisotopic (exact) mass is 764 g/mol. The summed E-state index contributed by atoms with van der Waals surface area (Å²) in [5.74, 6) is 0. The molecule has 2 nitrogen and oxygen atoms in total. The summed E-state index contributed by atoms with van der Waals surface area (Å²) in [4.78, 5) is 2.36. The van der Waals surface area contributed by atoms with Crippen molar-refractivity contribution in [2.75, 3.05) is 4.90 Å². The third-order valence-electron chi connectivity index (χ3n) is 11.8. The Balaban J connectivity index is 0.960. The highest BCUT2D eigenvalue weighted by molar-refractivity contribution is 6.16. The number of benzene rings is 10. The summed E-state index contributed by atoms with van der Waals surface area (Å²) >= 11 is 0. The van der Waals surface area contributed by atoms with Crippen molar-refractivity contribution < 1.29 is 0 Å². The van der Waals surface area contributed by atoms with E-state index in [1.807, 2.05) is 0 Å². The van der Waals surface area contributed by atoms with E-state index in [-0.39, 0.29) is 0 Å². The van der Waals surface area contributed by atoms with Crippen molar-refractivity contribution in [3.8, 4) is 50.2 Å². The van der Waals surface area contributed by atoms with Gasteiger partial charge in [0.05, 0.1) is 11.0 Å². The number of hydrogen-bond acceptors (Lipinski definition) is 1. The Hall–Kier alpha value is -7.94. The molecule has 0 aliphatic heterocycles. The standard InChI is InChI=1S/C58H40N2/c1-3-14-41(15-4-1)43-34-38-50(39-35-43)60-56-26-10-9-23-55(56)58-54(25-13-27-57(58)60)47-18-11-21-51(40-47)59(48-19-5-2-6-20-48)49-36-32-44(33-37-49)42-28-30-46(31-29-42)53-24-12-17-45-16-7-8-22-52(45)53/h1-40H. The van der Waals surface area contributed by atoms with E-state index in [1.54, 1.807) is 0 Å². The van der Waals surface area contributed by atoms with Crippen LogP contribution in [0.4, 0.5) is 17.1 Å². The zero-order valence-corrected chi connectivity index (χ0v) is 33.0. The molecule has 0 radical (unpaired) electrons. The average molecular weight is 765 g/mol. The molecule has 10 aromatic carbocycles. The maximum Gasteiger partial charge on any atom is 0.0547 e. The van der Waals surface area contributed by atoms with E-state index in [2.05, 4.69) is 252 Å². The molecule has 11 aromatic rings. The molecule has 1 heterocycles. The minimum absolute atomic E-state index is 1.10. The van der Waals surface area contributed by atoms with Crippen LogP contribution in [0.2, 0.25) is 0 Å². The normalized spacial score (nSPS) is 11.3. The van der Waals surface area contributed by atoms with Gasteiger partial charge in [0.1, 0.15) is 0 Å². The Morgan fingerprint density at radius 1 is 0.283 bits per heavy atom. The van der Waals surface area contributed by atoms with E-state index in [0.29, 0.717) is 0 Å². The lowest BCUT2D eigenvalue weighted by Crippen LogP contribution is -2.09. The number of aromatic nitrogens is 1. The maximum absolute atomic E-state index is 2.40. The molecule has 2 heteroatoms. The molecule has 282 valence electrons. The van der Waals surface area contributed by atoms with Gasteiger partial charge in [-0.1, -0.05) is 182 Å². The van der Waals surface area contributed by atoms with Gasteiger partial charge in [-0.2, -0.15) is 0 Å². The second kappa shape index (κ2) is 15.1. The van der Waals surface area contributed by atoms with Crippen LogP contribution in [0.3, 0.4) is 0 Å². The highest BCUT2D eigenvalue weighted by Gasteiger charge is 2.18. The van der Waals surface area contributed by atoms with Gasteiger partial charge in [-0.05, 0) is 116 Å². The molecule has 1 aromatic heterocycles. The quantitative estimate of drug-likeness (QED) is 0.150. The van der Waals surface area contributed by atoms with Crippen LogP contribution in [-0.4, -0.2) is 4.57 Å². The first-order chi connectivity index (χ1) is 29.8. The van der Waals surface area contributed by atoms with Crippen molar-refractivity contribution in [2.45, 2.75) is 0 Å². The summed E-state index contributed by atoms with van der Waals surface area (Å²) in [6.07, 6.45) is 0. The minimum atomic E-state index is 1.10. The summed E-state index contributed by atoms with van der Waals surface area (Å²) in [5, 5.41) is 5.02. The van der Waals surface area contributed by atoms with E-state index in [1.165, 1.54) is 77.1 Å². The number of anilines is 3. The fraction of sp³-hybridized carbons (Fsp3) is 0. The summed E-state index contributed by atoms with van der Waals surface area (Å²) in [5.41, 5.74) is 16.5. The molecule has 0 bridgehead atoms. The first-order valence-corrected chi connectivity index (χ1v) is 20.6. The molecule has 0 spiro atoms. The molecule has 0 N–H and O–H groups in total. The summed E-state index contributed by atoms with van der Waals surface area (Å²) in [6.45, 7) is 0. The molecule has 0 fully saturated rings. The highest BCUT2D eigenvalue weighted by Crippen LogP contribution is 2.42. The van der Waals surface area contributed by atoms with Crippen LogP contribution in [-0.2, 0) is 0 Å². The lowest BCUT2D eigenvalue weighted by Gasteiger charge is -2.26. The molecule has 0 saturated carbocycles. The topological polar surface area (TPSA) is 8.17 Å². The molecule has 11 rings (SSSR count). The molecular weight excluding hydrogens is 725 g/mol. The zero-order valence-electron chi connectivity index (χ0n) is 33.0. The molecule has 0 atom stereocenters. The van der Waals surface area contributed by atoms with Gasteiger partial charge in [-0.25, -0.2) is 0 Å². The second-order valence-electron chi connectivity index (χ2n) is 15.3. The Morgan fingerprint density at radius 2 is 0.767 bits per heavy atom. The maximum atomic E-state index is 2.40. The van der Waals surface area contributed by atoms with Gasteiger partial charge >= 0.3 is 0 Å². The van der Waals surface area contributed by atoms with Gasteiger partial charge in [0.2, 0.25) is 0 Å². The minimum Gasteiger partial charge on any atom is -0.310 e.